The Labute approximate surface area is 90.5 Å². The molecule has 0 spiro atoms. The van der Waals surface area contributed by atoms with Crippen molar-refractivity contribution in [2.75, 3.05) is 18.4 Å². The molecule has 0 aromatic carbocycles. The molecule has 1 fully saturated rings. The van der Waals surface area contributed by atoms with E-state index in [9.17, 15) is 0 Å². The molecule has 0 saturated carbocycles. The third-order valence-electron chi connectivity index (χ3n) is 2.78. The number of hydrogen-bond acceptors (Lipinski definition) is 4. The molecule has 1 saturated heterocycles. The normalized spacial score (nSPS) is 20.5. The maximum absolute atomic E-state index is 4.20. The highest BCUT2D eigenvalue weighted by atomic mass is 15.1. The van der Waals surface area contributed by atoms with Crippen LogP contribution in [0, 0.1) is 0 Å². The number of anilines is 1. The molecule has 1 aromatic heterocycles. The van der Waals surface area contributed by atoms with Crippen molar-refractivity contribution in [1.82, 2.24) is 15.3 Å². The van der Waals surface area contributed by atoms with E-state index in [4.69, 9.17) is 0 Å². The first-order valence-electron chi connectivity index (χ1n) is 5.66. The summed E-state index contributed by atoms with van der Waals surface area (Å²) in [6, 6.07) is 2.62. The number of rotatable bonds is 4. The second-order valence-electron chi connectivity index (χ2n) is 3.92. The Hall–Kier alpha value is -1.16. The molecule has 0 bridgehead atoms. The van der Waals surface area contributed by atoms with Crippen LogP contribution in [-0.4, -0.2) is 29.1 Å². The molecule has 82 valence electrons. The summed E-state index contributed by atoms with van der Waals surface area (Å²) in [5.41, 5.74) is 1.09. The van der Waals surface area contributed by atoms with Crippen molar-refractivity contribution in [3.05, 3.63) is 18.1 Å². The van der Waals surface area contributed by atoms with Gasteiger partial charge in [0.2, 0.25) is 0 Å². The molecule has 1 unspecified atom stereocenters. The second-order valence-corrected chi connectivity index (χ2v) is 3.92. The van der Waals surface area contributed by atoms with Crippen molar-refractivity contribution in [2.45, 2.75) is 32.2 Å². The van der Waals surface area contributed by atoms with Crippen LogP contribution in [-0.2, 0) is 6.42 Å². The summed E-state index contributed by atoms with van der Waals surface area (Å²) in [6.45, 7) is 4.21. The molecular formula is C11H18N4. The number of nitrogens with one attached hydrogen (secondary N) is 2. The van der Waals surface area contributed by atoms with Gasteiger partial charge in [-0.3, -0.25) is 0 Å². The maximum atomic E-state index is 4.20. The summed E-state index contributed by atoms with van der Waals surface area (Å²) in [5.74, 6) is 0.940. The van der Waals surface area contributed by atoms with E-state index in [1.54, 1.807) is 6.33 Å². The molecule has 0 amide bonds. The average Bonchev–Trinajstić information content (AvgIpc) is 2.79. The highest BCUT2D eigenvalue weighted by molar-refractivity contribution is 5.34. The number of hydrogen-bond donors (Lipinski definition) is 2. The van der Waals surface area contributed by atoms with Crippen LogP contribution >= 0.6 is 0 Å². The Morgan fingerprint density at radius 3 is 3.20 bits per heavy atom. The van der Waals surface area contributed by atoms with Gasteiger partial charge in [-0.25, -0.2) is 9.97 Å². The highest BCUT2D eigenvalue weighted by Crippen LogP contribution is 2.08. The molecule has 0 radical (unpaired) electrons. The summed E-state index contributed by atoms with van der Waals surface area (Å²) in [4.78, 5) is 8.37. The average molecular weight is 206 g/mol. The van der Waals surface area contributed by atoms with E-state index in [0.717, 1.165) is 31.0 Å². The SMILES string of the molecule is CCc1cc(NCC2CCCN2)ncn1. The fraction of sp³-hybridized carbons (Fsp3) is 0.636. The third kappa shape index (κ3) is 2.89. The summed E-state index contributed by atoms with van der Waals surface area (Å²) >= 11 is 0. The van der Waals surface area contributed by atoms with E-state index in [1.165, 1.54) is 12.8 Å². The molecular weight excluding hydrogens is 188 g/mol. The van der Waals surface area contributed by atoms with Crippen LogP contribution in [0.5, 0.6) is 0 Å². The number of aromatic nitrogens is 2. The van der Waals surface area contributed by atoms with E-state index < -0.39 is 0 Å². The van der Waals surface area contributed by atoms with Crippen LogP contribution in [0.2, 0.25) is 0 Å². The first-order chi connectivity index (χ1) is 7.38. The van der Waals surface area contributed by atoms with E-state index in [-0.39, 0.29) is 0 Å². The molecule has 1 aliphatic heterocycles. The summed E-state index contributed by atoms with van der Waals surface area (Å²) in [5, 5.41) is 6.80. The van der Waals surface area contributed by atoms with Gasteiger partial charge in [0.25, 0.3) is 0 Å². The van der Waals surface area contributed by atoms with Crippen molar-refractivity contribution >= 4 is 5.82 Å². The standard InChI is InChI=1S/C11H18N4/c1-2-9-6-11(15-8-14-9)13-7-10-4-3-5-12-10/h6,8,10,12H,2-5,7H2,1H3,(H,13,14,15). The van der Waals surface area contributed by atoms with Gasteiger partial charge in [-0.1, -0.05) is 6.92 Å². The van der Waals surface area contributed by atoms with Gasteiger partial charge < -0.3 is 10.6 Å². The Morgan fingerprint density at radius 2 is 2.47 bits per heavy atom. The second kappa shape index (κ2) is 5.07. The smallest absolute Gasteiger partial charge is 0.129 e. The quantitative estimate of drug-likeness (QED) is 0.777. The lowest BCUT2D eigenvalue weighted by Gasteiger charge is -2.11. The van der Waals surface area contributed by atoms with E-state index >= 15 is 0 Å². The summed E-state index contributed by atoms with van der Waals surface area (Å²) in [7, 11) is 0. The Morgan fingerprint density at radius 1 is 1.53 bits per heavy atom. The highest BCUT2D eigenvalue weighted by Gasteiger charge is 2.13. The Bertz CT molecular complexity index is 307. The fourth-order valence-electron chi connectivity index (χ4n) is 1.85. The molecule has 15 heavy (non-hydrogen) atoms. The predicted molar refractivity (Wildman–Crippen MR) is 60.9 cm³/mol. The van der Waals surface area contributed by atoms with Crippen molar-refractivity contribution in [3.8, 4) is 0 Å². The van der Waals surface area contributed by atoms with Crippen LogP contribution in [0.4, 0.5) is 5.82 Å². The van der Waals surface area contributed by atoms with E-state index in [0.29, 0.717) is 6.04 Å². The van der Waals surface area contributed by atoms with Gasteiger partial charge in [0.15, 0.2) is 0 Å². The summed E-state index contributed by atoms with van der Waals surface area (Å²) < 4.78 is 0. The maximum Gasteiger partial charge on any atom is 0.129 e. The lowest BCUT2D eigenvalue weighted by Crippen LogP contribution is -2.29. The molecule has 4 heteroatoms. The number of aryl methyl sites for hydroxylation is 1. The Balaban J connectivity index is 1.86. The molecule has 1 aromatic rings. The van der Waals surface area contributed by atoms with Crippen LogP contribution in [0.1, 0.15) is 25.5 Å². The first kappa shape index (κ1) is 10.4. The molecule has 0 aliphatic carbocycles. The summed E-state index contributed by atoms with van der Waals surface area (Å²) in [6.07, 6.45) is 5.14. The molecule has 2 heterocycles. The van der Waals surface area contributed by atoms with Gasteiger partial charge in [-0.05, 0) is 25.8 Å². The lowest BCUT2D eigenvalue weighted by molar-refractivity contribution is 0.632. The molecule has 1 atom stereocenters. The lowest BCUT2D eigenvalue weighted by atomic mass is 10.2. The van der Waals surface area contributed by atoms with E-state index in [2.05, 4.69) is 27.5 Å². The minimum atomic E-state index is 0.602. The van der Waals surface area contributed by atoms with Crippen LogP contribution in [0.15, 0.2) is 12.4 Å². The molecule has 2 N–H and O–H groups in total. The fourth-order valence-corrected chi connectivity index (χ4v) is 1.85. The van der Waals surface area contributed by atoms with Gasteiger partial charge in [0.1, 0.15) is 12.1 Å². The van der Waals surface area contributed by atoms with Crippen molar-refractivity contribution in [2.24, 2.45) is 0 Å². The Kier molecular flexibility index (Phi) is 3.50. The minimum Gasteiger partial charge on any atom is -0.368 e. The van der Waals surface area contributed by atoms with Crippen LogP contribution in [0.25, 0.3) is 0 Å². The number of nitrogens with zero attached hydrogens (tertiary/aromatic N) is 2. The predicted octanol–water partition coefficient (Wildman–Crippen LogP) is 1.20. The van der Waals surface area contributed by atoms with Gasteiger partial charge in [-0.15, -0.1) is 0 Å². The molecule has 4 nitrogen and oxygen atoms in total. The van der Waals surface area contributed by atoms with Crippen molar-refractivity contribution in [1.29, 1.82) is 0 Å². The zero-order valence-electron chi connectivity index (χ0n) is 9.16. The molecule has 1 aliphatic rings. The van der Waals surface area contributed by atoms with Crippen LogP contribution < -0.4 is 10.6 Å². The van der Waals surface area contributed by atoms with Gasteiger partial charge in [-0.2, -0.15) is 0 Å². The van der Waals surface area contributed by atoms with Gasteiger partial charge >= 0.3 is 0 Å². The largest absolute Gasteiger partial charge is 0.368 e. The van der Waals surface area contributed by atoms with Crippen molar-refractivity contribution in [3.63, 3.8) is 0 Å². The first-order valence-corrected chi connectivity index (χ1v) is 5.66. The molecule has 2 rings (SSSR count). The topological polar surface area (TPSA) is 49.8 Å². The van der Waals surface area contributed by atoms with Gasteiger partial charge in [0, 0.05) is 24.3 Å². The monoisotopic (exact) mass is 206 g/mol. The van der Waals surface area contributed by atoms with E-state index in [1.807, 2.05) is 6.07 Å². The van der Waals surface area contributed by atoms with Crippen molar-refractivity contribution < 1.29 is 0 Å². The zero-order chi connectivity index (χ0) is 10.5. The zero-order valence-corrected chi connectivity index (χ0v) is 9.16. The minimum absolute atomic E-state index is 0.602. The van der Waals surface area contributed by atoms with Gasteiger partial charge in [0.05, 0.1) is 0 Å². The van der Waals surface area contributed by atoms with Crippen LogP contribution in [0.3, 0.4) is 0 Å². The third-order valence-corrected chi connectivity index (χ3v) is 2.78.